The smallest absolute Gasteiger partial charge is 0.264 e. The lowest BCUT2D eigenvalue weighted by atomic mass is 10.2. The highest BCUT2D eigenvalue weighted by molar-refractivity contribution is 7.12. The van der Waals surface area contributed by atoms with E-state index >= 15 is 0 Å². The SMILES string of the molecule is O=C(CCCOc1ccc(Cl)cc1Cl)NNC(=O)[C@@H]1CCCN1C(=O)c1cccs1. The molecule has 1 atom stereocenters. The Kier molecular flexibility index (Phi) is 7.95. The Morgan fingerprint density at radius 2 is 2.03 bits per heavy atom. The van der Waals surface area contributed by atoms with E-state index in [0.29, 0.717) is 40.1 Å². The van der Waals surface area contributed by atoms with Gasteiger partial charge < -0.3 is 9.64 Å². The summed E-state index contributed by atoms with van der Waals surface area (Å²) < 4.78 is 5.52. The van der Waals surface area contributed by atoms with Gasteiger partial charge in [-0.05, 0) is 48.9 Å². The Labute approximate surface area is 188 Å². The molecule has 1 saturated heterocycles. The summed E-state index contributed by atoms with van der Waals surface area (Å²) in [7, 11) is 0. The predicted molar refractivity (Wildman–Crippen MR) is 116 cm³/mol. The first kappa shape index (κ1) is 22.4. The first-order chi connectivity index (χ1) is 14.5. The third-order valence-corrected chi connectivity index (χ3v) is 5.96. The molecule has 2 aromatic rings. The molecule has 0 unspecified atom stereocenters. The summed E-state index contributed by atoms with van der Waals surface area (Å²) in [5, 5.41) is 2.74. The maximum Gasteiger partial charge on any atom is 0.264 e. The second-order valence-electron chi connectivity index (χ2n) is 6.70. The average Bonchev–Trinajstić information content (AvgIpc) is 3.42. The van der Waals surface area contributed by atoms with Crippen molar-refractivity contribution in [3.05, 3.63) is 50.6 Å². The highest BCUT2D eigenvalue weighted by Crippen LogP contribution is 2.27. The number of nitrogens with one attached hydrogen (secondary N) is 2. The number of amides is 3. The lowest BCUT2D eigenvalue weighted by Gasteiger charge is -2.23. The second-order valence-corrected chi connectivity index (χ2v) is 8.49. The molecule has 10 heteroatoms. The number of halogens is 2. The fraction of sp³-hybridized carbons (Fsp3) is 0.350. The first-order valence-corrected chi connectivity index (χ1v) is 11.1. The molecule has 3 amide bonds. The molecule has 1 aromatic carbocycles. The summed E-state index contributed by atoms with van der Waals surface area (Å²) in [6.45, 7) is 0.807. The minimum atomic E-state index is -0.588. The number of carbonyl (C=O) groups excluding carboxylic acids is 3. The van der Waals surface area contributed by atoms with Crippen LogP contribution < -0.4 is 15.6 Å². The Morgan fingerprint density at radius 1 is 1.20 bits per heavy atom. The van der Waals surface area contributed by atoms with Crippen molar-refractivity contribution in [2.45, 2.75) is 31.7 Å². The molecule has 3 rings (SSSR count). The number of likely N-dealkylation sites (tertiary alicyclic amines) is 1. The van der Waals surface area contributed by atoms with E-state index in [1.165, 1.54) is 11.3 Å². The molecule has 1 fully saturated rings. The van der Waals surface area contributed by atoms with E-state index in [0.717, 1.165) is 6.42 Å². The van der Waals surface area contributed by atoms with Gasteiger partial charge in [0.2, 0.25) is 5.91 Å². The summed E-state index contributed by atoms with van der Waals surface area (Å²) in [4.78, 5) is 39.1. The largest absolute Gasteiger partial charge is 0.492 e. The van der Waals surface area contributed by atoms with Crippen LogP contribution in [-0.4, -0.2) is 41.8 Å². The third kappa shape index (κ3) is 5.87. The van der Waals surface area contributed by atoms with E-state index in [1.807, 2.05) is 5.38 Å². The van der Waals surface area contributed by atoms with Crippen molar-refractivity contribution in [3.63, 3.8) is 0 Å². The van der Waals surface area contributed by atoms with E-state index in [4.69, 9.17) is 27.9 Å². The predicted octanol–water partition coefficient (Wildman–Crippen LogP) is 3.67. The molecule has 0 spiro atoms. The zero-order valence-electron chi connectivity index (χ0n) is 16.0. The molecule has 1 aromatic heterocycles. The Bertz CT molecular complexity index is 907. The summed E-state index contributed by atoms with van der Waals surface area (Å²) >= 11 is 13.2. The van der Waals surface area contributed by atoms with Gasteiger partial charge in [-0.25, -0.2) is 0 Å². The van der Waals surface area contributed by atoms with E-state index < -0.39 is 11.9 Å². The monoisotopic (exact) mass is 469 g/mol. The van der Waals surface area contributed by atoms with Gasteiger partial charge in [-0.2, -0.15) is 0 Å². The quantitative estimate of drug-likeness (QED) is 0.478. The zero-order chi connectivity index (χ0) is 21.5. The number of benzene rings is 1. The first-order valence-electron chi connectivity index (χ1n) is 9.46. The van der Waals surface area contributed by atoms with Gasteiger partial charge in [0.25, 0.3) is 11.8 Å². The molecule has 0 saturated carbocycles. The van der Waals surface area contributed by atoms with Gasteiger partial charge in [-0.15, -0.1) is 11.3 Å². The van der Waals surface area contributed by atoms with Crippen molar-refractivity contribution in [1.82, 2.24) is 15.8 Å². The molecule has 7 nitrogen and oxygen atoms in total. The summed E-state index contributed by atoms with van der Waals surface area (Å²) in [6, 6.07) is 7.86. The zero-order valence-corrected chi connectivity index (χ0v) is 18.4. The number of hydrogen-bond acceptors (Lipinski definition) is 5. The summed E-state index contributed by atoms with van der Waals surface area (Å²) in [6.07, 6.45) is 1.91. The summed E-state index contributed by atoms with van der Waals surface area (Å²) in [5.74, 6) is -0.406. The lowest BCUT2D eigenvalue weighted by Crippen LogP contribution is -2.51. The molecule has 160 valence electrons. The van der Waals surface area contributed by atoms with E-state index in [1.54, 1.807) is 35.2 Å². The van der Waals surface area contributed by atoms with Crippen molar-refractivity contribution in [3.8, 4) is 5.75 Å². The lowest BCUT2D eigenvalue weighted by molar-refractivity contribution is -0.131. The minimum Gasteiger partial charge on any atom is -0.492 e. The van der Waals surface area contributed by atoms with Crippen molar-refractivity contribution >= 4 is 52.3 Å². The van der Waals surface area contributed by atoms with Crippen molar-refractivity contribution < 1.29 is 19.1 Å². The summed E-state index contributed by atoms with van der Waals surface area (Å²) in [5.41, 5.74) is 4.82. The molecule has 1 aliphatic heterocycles. The van der Waals surface area contributed by atoms with Gasteiger partial charge >= 0.3 is 0 Å². The Hall–Kier alpha value is -2.29. The van der Waals surface area contributed by atoms with Crippen LogP contribution in [0.5, 0.6) is 5.75 Å². The maximum absolute atomic E-state index is 12.5. The molecular formula is C20H21Cl2N3O4S. The van der Waals surface area contributed by atoms with E-state index in [-0.39, 0.29) is 24.8 Å². The van der Waals surface area contributed by atoms with E-state index in [2.05, 4.69) is 10.9 Å². The fourth-order valence-corrected chi connectivity index (χ4v) is 4.25. The highest BCUT2D eigenvalue weighted by Gasteiger charge is 2.35. The van der Waals surface area contributed by atoms with Crippen LogP contribution in [0.3, 0.4) is 0 Å². The van der Waals surface area contributed by atoms with Crippen LogP contribution in [0.25, 0.3) is 0 Å². The molecule has 2 N–H and O–H groups in total. The average molecular weight is 470 g/mol. The van der Waals surface area contributed by atoms with E-state index in [9.17, 15) is 14.4 Å². The number of hydrazine groups is 1. The van der Waals surface area contributed by atoms with Crippen LogP contribution in [0.2, 0.25) is 10.0 Å². The van der Waals surface area contributed by atoms with Crippen LogP contribution in [-0.2, 0) is 9.59 Å². The van der Waals surface area contributed by atoms with Crippen molar-refractivity contribution in [2.75, 3.05) is 13.2 Å². The fourth-order valence-electron chi connectivity index (χ4n) is 3.11. The molecular weight excluding hydrogens is 449 g/mol. The molecule has 0 bridgehead atoms. The highest BCUT2D eigenvalue weighted by atomic mass is 35.5. The second kappa shape index (κ2) is 10.7. The Morgan fingerprint density at radius 3 is 2.77 bits per heavy atom. The van der Waals surface area contributed by atoms with Crippen molar-refractivity contribution in [2.24, 2.45) is 0 Å². The molecule has 0 aliphatic carbocycles. The third-order valence-electron chi connectivity index (χ3n) is 4.57. The normalized spacial score (nSPS) is 15.7. The van der Waals surface area contributed by atoms with Gasteiger partial charge in [0.15, 0.2) is 0 Å². The van der Waals surface area contributed by atoms with Crippen LogP contribution >= 0.6 is 34.5 Å². The molecule has 30 heavy (non-hydrogen) atoms. The van der Waals surface area contributed by atoms with Gasteiger partial charge in [0, 0.05) is 18.0 Å². The van der Waals surface area contributed by atoms with Crippen LogP contribution in [0, 0.1) is 0 Å². The topological polar surface area (TPSA) is 87.7 Å². The van der Waals surface area contributed by atoms with Crippen LogP contribution in [0.4, 0.5) is 0 Å². The molecule has 1 aliphatic rings. The van der Waals surface area contributed by atoms with Crippen molar-refractivity contribution in [1.29, 1.82) is 0 Å². The van der Waals surface area contributed by atoms with Gasteiger partial charge in [0.1, 0.15) is 11.8 Å². The van der Waals surface area contributed by atoms with Gasteiger partial charge in [-0.1, -0.05) is 29.3 Å². The van der Waals surface area contributed by atoms with Crippen LogP contribution in [0.15, 0.2) is 35.7 Å². The standard InChI is InChI=1S/C20H21Cl2N3O4S/c21-13-7-8-16(14(22)12-13)29-10-2-6-18(26)23-24-19(27)15-4-1-9-25(15)20(28)17-5-3-11-30-17/h3,5,7-8,11-12,15H,1-2,4,6,9-10H2,(H,23,26)(H,24,27)/t15-/m0/s1. The number of nitrogens with zero attached hydrogens (tertiary/aromatic N) is 1. The number of hydrogen-bond donors (Lipinski definition) is 2. The van der Waals surface area contributed by atoms with Crippen LogP contribution in [0.1, 0.15) is 35.4 Å². The number of rotatable bonds is 7. The number of ether oxygens (including phenoxy) is 1. The number of carbonyl (C=O) groups is 3. The van der Waals surface area contributed by atoms with Gasteiger partial charge in [0.05, 0.1) is 16.5 Å². The number of thiophene rings is 1. The Balaban J connectivity index is 1.38. The molecule has 2 heterocycles. The minimum absolute atomic E-state index is 0.160. The van der Waals surface area contributed by atoms with Gasteiger partial charge in [-0.3, -0.25) is 25.2 Å². The maximum atomic E-state index is 12.5. The molecule has 0 radical (unpaired) electrons.